The molecule has 1 fully saturated rings. The molecule has 0 spiro atoms. The summed E-state index contributed by atoms with van der Waals surface area (Å²) in [5.74, 6) is -0.215. The lowest BCUT2D eigenvalue weighted by molar-refractivity contribution is -0.128. The SMILES string of the molecule is Cc1c(F)cccc1NCC1(CO)COC1. The van der Waals surface area contributed by atoms with Crippen molar-refractivity contribution in [1.82, 2.24) is 0 Å². The molecule has 0 amide bonds. The first kappa shape index (κ1) is 11.4. The van der Waals surface area contributed by atoms with Crippen molar-refractivity contribution >= 4 is 5.69 Å². The lowest BCUT2D eigenvalue weighted by Gasteiger charge is -2.40. The van der Waals surface area contributed by atoms with E-state index in [2.05, 4.69) is 5.32 Å². The smallest absolute Gasteiger partial charge is 0.128 e. The number of nitrogens with one attached hydrogen (secondary N) is 1. The van der Waals surface area contributed by atoms with Crippen molar-refractivity contribution in [2.75, 3.05) is 31.7 Å². The molecule has 1 saturated heterocycles. The molecule has 0 unspecified atom stereocenters. The minimum Gasteiger partial charge on any atom is -0.396 e. The van der Waals surface area contributed by atoms with Crippen LogP contribution in [-0.4, -0.2) is 31.5 Å². The van der Waals surface area contributed by atoms with E-state index in [-0.39, 0.29) is 17.8 Å². The van der Waals surface area contributed by atoms with Crippen LogP contribution in [-0.2, 0) is 4.74 Å². The quantitative estimate of drug-likeness (QED) is 0.817. The predicted molar refractivity (Wildman–Crippen MR) is 60.0 cm³/mol. The van der Waals surface area contributed by atoms with Crippen LogP contribution >= 0.6 is 0 Å². The maximum atomic E-state index is 13.3. The predicted octanol–water partition coefficient (Wildman–Crippen LogP) is 1.55. The summed E-state index contributed by atoms with van der Waals surface area (Å²) in [4.78, 5) is 0. The van der Waals surface area contributed by atoms with Crippen LogP contribution in [0.1, 0.15) is 5.56 Å². The molecule has 2 N–H and O–H groups in total. The van der Waals surface area contributed by atoms with Gasteiger partial charge in [0.25, 0.3) is 0 Å². The van der Waals surface area contributed by atoms with Gasteiger partial charge in [-0.1, -0.05) is 6.07 Å². The Kier molecular flexibility index (Phi) is 3.12. The molecule has 16 heavy (non-hydrogen) atoms. The number of anilines is 1. The fourth-order valence-electron chi connectivity index (χ4n) is 1.72. The zero-order chi connectivity index (χ0) is 11.6. The average molecular weight is 225 g/mol. The third kappa shape index (κ3) is 2.03. The highest BCUT2D eigenvalue weighted by atomic mass is 19.1. The zero-order valence-electron chi connectivity index (χ0n) is 9.29. The number of benzene rings is 1. The van der Waals surface area contributed by atoms with Gasteiger partial charge in [-0.15, -0.1) is 0 Å². The maximum absolute atomic E-state index is 13.3. The summed E-state index contributed by atoms with van der Waals surface area (Å²) in [6.45, 7) is 3.55. The summed E-state index contributed by atoms with van der Waals surface area (Å²) in [5.41, 5.74) is 1.19. The number of aliphatic hydroxyl groups excluding tert-OH is 1. The Labute approximate surface area is 94.2 Å². The number of hydrogen-bond acceptors (Lipinski definition) is 3. The molecule has 3 nitrogen and oxygen atoms in total. The minimum absolute atomic E-state index is 0.0916. The molecule has 88 valence electrons. The second-order valence-corrected chi connectivity index (χ2v) is 4.42. The largest absolute Gasteiger partial charge is 0.396 e. The van der Waals surface area contributed by atoms with Gasteiger partial charge in [-0.2, -0.15) is 0 Å². The third-order valence-corrected chi connectivity index (χ3v) is 3.07. The number of ether oxygens (including phenoxy) is 1. The van der Waals surface area contributed by atoms with E-state index in [0.29, 0.717) is 25.3 Å². The second kappa shape index (κ2) is 4.39. The van der Waals surface area contributed by atoms with Gasteiger partial charge in [0.05, 0.1) is 25.2 Å². The van der Waals surface area contributed by atoms with Crippen LogP contribution < -0.4 is 5.32 Å². The van der Waals surface area contributed by atoms with Crippen LogP contribution in [0.4, 0.5) is 10.1 Å². The van der Waals surface area contributed by atoms with Gasteiger partial charge in [-0.05, 0) is 19.1 Å². The van der Waals surface area contributed by atoms with Gasteiger partial charge in [-0.3, -0.25) is 0 Å². The first-order chi connectivity index (χ1) is 7.67. The van der Waals surface area contributed by atoms with Crippen LogP contribution in [0.5, 0.6) is 0 Å². The van der Waals surface area contributed by atoms with E-state index in [1.807, 2.05) is 6.07 Å². The molecular weight excluding hydrogens is 209 g/mol. The molecule has 0 aromatic heterocycles. The Morgan fingerprint density at radius 3 is 2.81 bits per heavy atom. The average Bonchev–Trinajstić information content (AvgIpc) is 2.23. The Morgan fingerprint density at radius 1 is 1.50 bits per heavy atom. The van der Waals surface area contributed by atoms with Crippen LogP contribution in [0.15, 0.2) is 18.2 Å². The van der Waals surface area contributed by atoms with E-state index in [1.54, 1.807) is 13.0 Å². The van der Waals surface area contributed by atoms with Gasteiger partial charge in [0.1, 0.15) is 5.82 Å². The third-order valence-electron chi connectivity index (χ3n) is 3.07. The highest BCUT2D eigenvalue weighted by Crippen LogP contribution is 2.28. The molecule has 0 atom stereocenters. The standard InChI is InChI=1S/C12H16FNO2/c1-9-10(13)3-2-4-11(9)14-5-12(6-15)7-16-8-12/h2-4,14-15H,5-8H2,1H3. The van der Waals surface area contributed by atoms with Crippen LogP contribution in [0.25, 0.3) is 0 Å². The first-order valence-corrected chi connectivity index (χ1v) is 5.34. The summed E-state index contributed by atoms with van der Waals surface area (Å²) in [7, 11) is 0. The molecule has 0 aliphatic carbocycles. The Hall–Kier alpha value is -1.13. The Balaban J connectivity index is 2.02. The zero-order valence-corrected chi connectivity index (χ0v) is 9.29. The monoisotopic (exact) mass is 225 g/mol. The summed E-state index contributed by atoms with van der Waals surface area (Å²) in [6.07, 6.45) is 0. The van der Waals surface area contributed by atoms with Crippen molar-refractivity contribution < 1.29 is 14.2 Å². The van der Waals surface area contributed by atoms with Crippen LogP contribution in [0.2, 0.25) is 0 Å². The van der Waals surface area contributed by atoms with Gasteiger partial charge >= 0.3 is 0 Å². The Bertz CT molecular complexity index is 372. The summed E-state index contributed by atoms with van der Waals surface area (Å²) in [6, 6.07) is 4.95. The van der Waals surface area contributed by atoms with Crippen molar-refractivity contribution in [2.24, 2.45) is 5.41 Å². The lowest BCUT2D eigenvalue weighted by Crippen LogP contribution is -2.50. The molecule has 0 bridgehead atoms. The van der Waals surface area contributed by atoms with Crippen molar-refractivity contribution in [1.29, 1.82) is 0 Å². The molecule has 1 aliphatic heterocycles. The molecule has 1 aliphatic rings. The Morgan fingerprint density at radius 2 is 2.25 bits per heavy atom. The summed E-state index contributed by atoms with van der Waals surface area (Å²) < 4.78 is 18.4. The molecule has 0 saturated carbocycles. The van der Waals surface area contributed by atoms with E-state index in [1.165, 1.54) is 6.07 Å². The van der Waals surface area contributed by atoms with Gasteiger partial charge in [0.15, 0.2) is 0 Å². The fraction of sp³-hybridized carbons (Fsp3) is 0.500. The van der Waals surface area contributed by atoms with Crippen LogP contribution in [0, 0.1) is 18.2 Å². The number of halogens is 1. The van der Waals surface area contributed by atoms with E-state index < -0.39 is 0 Å². The van der Waals surface area contributed by atoms with Gasteiger partial charge in [0, 0.05) is 17.8 Å². The number of rotatable bonds is 4. The van der Waals surface area contributed by atoms with Crippen LogP contribution in [0.3, 0.4) is 0 Å². The molecule has 1 aromatic rings. The second-order valence-electron chi connectivity index (χ2n) is 4.42. The maximum Gasteiger partial charge on any atom is 0.128 e. The molecule has 4 heteroatoms. The van der Waals surface area contributed by atoms with E-state index in [9.17, 15) is 9.50 Å². The lowest BCUT2D eigenvalue weighted by atomic mass is 9.87. The highest BCUT2D eigenvalue weighted by molar-refractivity contribution is 5.51. The van der Waals surface area contributed by atoms with E-state index in [0.717, 1.165) is 5.69 Å². The van der Waals surface area contributed by atoms with Gasteiger partial charge in [-0.25, -0.2) is 4.39 Å². The van der Waals surface area contributed by atoms with Crippen molar-refractivity contribution in [2.45, 2.75) is 6.92 Å². The van der Waals surface area contributed by atoms with Crippen molar-refractivity contribution in [3.8, 4) is 0 Å². The van der Waals surface area contributed by atoms with Crippen molar-refractivity contribution in [3.63, 3.8) is 0 Å². The highest BCUT2D eigenvalue weighted by Gasteiger charge is 2.37. The van der Waals surface area contributed by atoms with E-state index >= 15 is 0 Å². The molecule has 0 radical (unpaired) electrons. The topological polar surface area (TPSA) is 41.5 Å². The van der Waals surface area contributed by atoms with E-state index in [4.69, 9.17) is 4.74 Å². The molecule has 1 heterocycles. The normalized spacial score (nSPS) is 17.9. The summed E-state index contributed by atoms with van der Waals surface area (Å²) in [5, 5.41) is 12.4. The van der Waals surface area contributed by atoms with Gasteiger partial charge in [0.2, 0.25) is 0 Å². The fourth-order valence-corrected chi connectivity index (χ4v) is 1.72. The van der Waals surface area contributed by atoms with Crippen molar-refractivity contribution in [3.05, 3.63) is 29.6 Å². The minimum atomic E-state index is -0.215. The summed E-state index contributed by atoms with van der Waals surface area (Å²) >= 11 is 0. The first-order valence-electron chi connectivity index (χ1n) is 5.34. The molecule has 2 rings (SSSR count). The molecule has 1 aromatic carbocycles. The van der Waals surface area contributed by atoms with Gasteiger partial charge < -0.3 is 15.2 Å². The molecular formula is C12H16FNO2. The number of aliphatic hydroxyl groups is 1. The number of hydrogen-bond donors (Lipinski definition) is 2.